The van der Waals surface area contributed by atoms with Gasteiger partial charge in [-0.15, -0.1) is 0 Å². The van der Waals surface area contributed by atoms with E-state index in [9.17, 15) is 19.5 Å². The minimum atomic E-state index is -1.10. The van der Waals surface area contributed by atoms with Crippen molar-refractivity contribution in [3.63, 3.8) is 0 Å². The molecule has 5 rings (SSSR count). The first kappa shape index (κ1) is 27.4. The number of anilines is 2. The number of hydrogen-bond donors (Lipinski definition) is 2. The minimum absolute atomic E-state index is 0.0712. The van der Waals surface area contributed by atoms with Gasteiger partial charge in [0.1, 0.15) is 0 Å². The molecule has 2 atom stereocenters. The van der Waals surface area contributed by atoms with Gasteiger partial charge in [-0.2, -0.15) is 0 Å². The molecule has 0 aliphatic carbocycles. The highest BCUT2D eigenvalue weighted by atomic mass is 35.5. The van der Waals surface area contributed by atoms with Gasteiger partial charge in [0.05, 0.1) is 17.4 Å². The summed E-state index contributed by atoms with van der Waals surface area (Å²) in [5.41, 5.74) is 5.23. The van der Waals surface area contributed by atoms with Crippen molar-refractivity contribution in [1.29, 1.82) is 0 Å². The second-order valence-corrected chi connectivity index (χ2v) is 10.8. The molecule has 2 aliphatic rings. The number of fused-ring (bicyclic) bond motifs is 4. The van der Waals surface area contributed by atoms with Crippen molar-refractivity contribution in [2.75, 3.05) is 23.8 Å². The highest BCUT2D eigenvalue weighted by molar-refractivity contribution is 6.30. The molecule has 2 aliphatic heterocycles. The fraction of sp³-hybridized carbons (Fsp3) is 0.290. The topological polar surface area (TPSA) is 103 Å². The Labute approximate surface area is 238 Å². The van der Waals surface area contributed by atoms with Crippen LogP contribution in [0.1, 0.15) is 49.9 Å². The fourth-order valence-corrected chi connectivity index (χ4v) is 5.54. The first-order valence-corrected chi connectivity index (χ1v) is 13.7. The second kappa shape index (κ2) is 11.5. The Morgan fingerprint density at radius 1 is 1.10 bits per heavy atom. The summed E-state index contributed by atoms with van der Waals surface area (Å²) in [6.45, 7) is 2.43. The minimum Gasteiger partial charge on any atom is -0.465 e. The lowest BCUT2D eigenvalue weighted by atomic mass is 9.93. The van der Waals surface area contributed by atoms with Gasteiger partial charge in [0.15, 0.2) is 0 Å². The molecule has 3 aromatic rings. The van der Waals surface area contributed by atoms with Crippen LogP contribution in [0.4, 0.5) is 16.2 Å². The molecule has 0 fully saturated rings. The first-order valence-electron chi connectivity index (χ1n) is 13.4. The van der Waals surface area contributed by atoms with Crippen molar-refractivity contribution in [1.82, 2.24) is 9.88 Å². The lowest BCUT2D eigenvalue weighted by molar-refractivity contribution is -0.129. The fourth-order valence-electron chi connectivity index (χ4n) is 5.35. The number of aromatic nitrogens is 1. The molecular weight excluding hydrogens is 528 g/mol. The second-order valence-electron chi connectivity index (χ2n) is 10.3. The third kappa shape index (κ3) is 5.72. The zero-order valence-electron chi connectivity index (χ0n) is 22.4. The zero-order chi connectivity index (χ0) is 28.4. The summed E-state index contributed by atoms with van der Waals surface area (Å²) >= 11 is 6.18. The number of benzene rings is 2. The van der Waals surface area contributed by atoms with Gasteiger partial charge in [-0.1, -0.05) is 43.1 Å². The number of nitrogens with zero attached hydrogens (tertiary/aromatic N) is 3. The lowest BCUT2D eigenvalue weighted by Crippen LogP contribution is -2.38. The number of pyridine rings is 1. The van der Waals surface area contributed by atoms with Crippen molar-refractivity contribution < 1.29 is 19.5 Å². The van der Waals surface area contributed by atoms with Crippen LogP contribution in [0.15, 0.2) is 66.9 Å². The Bertz CT molecular complexity index is 1500. The molecule has 0 radical (unpaired) electrons. The monoisotopic (exact) mass is 558 g/mol. The van der Waals surface area contributed by atoms with Gasteiger partial charge in [0.2, 0.25) is 11.8 Å². The van der Waals surface area contributed by atoms with E-state index in [-0.39, 0.29) is 23.8 Å². The number of halogens is 1. The van der Waals surface area contributed by atoms with E-state index in [1.54, 1.807) is 30.5 Å². The molecule has 2 bridgehead atoms. The number of rotatable bonds is 3. The van der Waals surface area contributed by atoms with Crippen LogP contribution in [-0.4, -0.2) is 46.5 Å². The maximum absolute atomic E-state index is 13.5. The molecule has 0 spiro atoms. The third-order valence-electron chi connectivity index (χ3n) is 7.71. The Kier molecular flexibility index (Phi) is 7.89. The van der Waals surface area contributed by atoms with Crippen LogP contribution >= 0.6 is 11.6 Å². The van der Waals surface area contributed by atoms with Crippen LogP contribution in [0.2, 0.25) is 5.02 Å². The van der Waals surface area contributed by atoms with Crippen LogP contribution in [0.5, 0.6) is 0 Å². The Hall–Kier alpha value is -4.17. The maximum atomic E-state index is 13.5. The van der Waals surface area contributed by atoms with Gasteiger partial charge >= 0.3 is 6.09 Å². The maximum Gasteiger partial charge on any atom is 0.411 e. The van der Waals surface area contributed by atoms with Crippen molar-refractivity contribution >= 4 is 46.5 Å². The first-order chi connectivity index (χ1) is 19.2. The van der Waals surface area contributed by atoms with E-state index in [0.717, 1.165) is 39.3 Å². The quantitative estimate of drug-likeness (QED) is 0.375. The van der Waals surface area contributed by atoms with Crippen LogP contribution in [-0.2, 0) is 9.59 Å². The molecular formula is C31H31ClN4O4. The molecule has 0 saturated carbocycles. The summed E-state index contributed by atoms with van der Waals surface area (Å²) in [6.07, 6.45) is 5.06. The van der Waals surface area contributed by atoms with E-state index in [1.165, 1.54) is 7.05 Å². The molecule has 8 nitrogen and oxygen atoms in total. The predicted octanol–water partition coefficient (Wildman–Crippen LogP) is 6.63. The van der Waals surface area contributed by atoms with Gasteiger partial charge in [-0.3, -0.25) is 19.5 Å². The molecule has 2 aromatic carbocycles. The summed E-state index contributed by atoms with van der Waals surface area (Å²) < 4.78 is 0. The standard InChI is InChI=1S/C31H31ClN4O4/c1-19-5-3-8-28(36-14-12-21(17-29(36)37)20-6-4-7-23(32)15-20)27-16-22(11-13-33-27)25-10-9-24(35(2)31(39)40)18-26(25)34-30(19)38/h4,6-7,9-11,13,15-19,28H,3,5,8,12,14H2,1-2H3,(H,34,38)(H,39,40)/t19-,28+/m1/s1. The molecule has 0 unspecified atom stereocenters. The SMILES string of the molecule is C[C@@H]1CCC[C@H](N2CCC(c3cccc(Cl)c3)=CC2=O)c2cc(ccn2)-c2ccc(N(C)C(=O)O)cc2NC1=O. The molecule has 3 heterocycles. The summed E-state index contributed by atoms with van der Waals surface area (Å²) in [5.74, 6) is -0.476. The van der Waals surface area contributed by atoms with E-state index in [4.69, 9.17) is 11.6 Å². The van der Waals surface area contributed by atoms with Crippen LogP contribution in [0, 0.1) is 5.92 Å². The van der Waals surface area contributed by atoms with Crippen LogP contribution < -0.4 is 10.2 Å². The predicted molar refractivity (Wildman–Crippen MR) is 156 cm³/mol. The Morgan fingerprint density at radius 3 is 2.67 bits per heavy atom. The Morgan fingerprint density at radius 2 is 1.93 bits per heavy atom. The van der Waals surface area contributed by atoms with E-state index in [0.29, 0.717) is 42.2 Å². The van der Waals surface area contributed by atoms with Crippen molar-refractivity contribution in [2.24, 2.45) is 5.92 Å². The number of carbonyl (C=O) groups excluding carboxylic acids is 2. The van der Waals surface area contributed by atoms with E-state index in [1.807, 2.05) is 48.2 Å². The van der Waals surface area contributed by atoms with Gasteiger partial charge < -0.3 is 15.3 Å². The largest absolute Gasteiger partial charge is 0.465 e. The highest BCUT2D eigenvalue weighted by Crippen LogP contribution is 2.37. The number of carbonyl (C=O) groups is 3. The highest BCUT2D eigenvalue weighted by Gasteiger charge is 2.30. The van der Waals surface area contributed by atoms with Crippen molar-refractivity contribution in [2.45, 2.75) is 38.6 Å². The molecule has 1 aromatic heterocycles. The molecule has 206 valence electrons. The zero-order valence-corrected chi connectivity index (χ0v) is 23.2. The molecule has 9 heteroatoms. The smallest absolute Gasteiger partial charge is 0.411 e. The van der Waals surface area contributed by atoms with Crippen LogP contribution in [0.3, 0.4) is 0 Å². The van der Waals surface area contributed by atoms with Gasteiger partial charge in [-0.05, 0) is 72.4 Å². The average Bonchev–Trinajstić information content (AvgIpc) is 2.94. The van der Waals surface area contributed by atoms with Crippen molar-refractivity contribution in [3.8, 4) is 11.1 Å². The summed E-state index contributed by atoms with van der Waals surface area (Å²) in [6, 6.07) is 16.3. The van der Waals surface area contributed by atoms with E-state index in [2.05, 4.69) is 10.3 Å². The van der Waals surface area contributed by atoms with Gasteiger partial charge in [-0.25, -0.2) is 4.79 Å². The third-order valence-corrected chi connectivity index (χ3v) is 7.94. The van der Waals surface area contributed by atoms with Crippen molar-refractivity contribution in [3.05, 3.63) is 83.2 Å². The summed E-state index contributed by atoms with van der Waals surface area (Å²) in [5, 5.41) is 13.1. The van der Waals surface area contributed by atoms with Gasteiger partial charge in [0.25, 0.3) is 0 Å². The molecule has 2 N–H and O–H groups in total. The number of hydrogen-bond acceptors (Lipinski definition) is 4. The normalized spacial score (nSPS) is 19.5. The molecule has 0 saturated heterocycles. The molecule has 40 heavy (non-hydrogen) atoms. The summed E-state index contributed by atoms with van der Waals surface area (Å²) in [7, 11) is 1.46. The molecule has 3 amide bonds. The summed E-state index contributed by atoms with van der Waals surface area (Å²) in [4.78, 5) is 45.8. The number of nitrogens with one attached hydrogen (secondary N) is 1. The number of carboxylic acid groups (broad SMARTS) is 1. The van der Waals surface area contributed by atoms with Gasteiger partial charge in [0, 0.05) is 48.1 Å². The Balaban J connectivity index is 1.53. The van der Waals surface area contributed by atoms with E-state index < -0.39 is 6.09 Å². The van der Waals surface area contributed by atoms with E-state index >= 15 is 0 Å². The number of amides is 3. The van der Waals surface area contributed by atoms with Crippen LogP contribution in [0.25, 0.3) is 16.7 Å². The lowest BCUT2D eigenvalue weighted by Gasteiger charge is -2.34. The average molecular weight is 559 g/mol.